The van der Waals surface area contributed by atoms with Crippen molar-refractivity contribution in [3.63, 3.8) is 0 Å². The predicted octanol–water partition coefficient (Wildman–Crippen LogP) is 0.936. The van der Waals surface area contributed by atoms with E-state index in [-0.39, 0.29) is 10.8 Å². The standard InChI is InChI=1S/C11H15N5O2S/c1-7-5-6-12-11(13-7)15-19(17,18)10-8(2)14-16(4)9(10)3/h5-6H,1-4H3,(H,12,13,15). The first-order valence-corrected chi connectivity index (χ1v) is 7.12. The Bertz CT molecular complexity index is 721. The number of rotatable bonds is 3. The van der Waals surface area contributed by atoms with Crippen molar-refractivity contribution in [2.75, 3.05) is 4.72 Å². The topological polar surface area (TPSA) is 89.8 Å². The summed E-state index contributed by atoms with van der Waals surface area (Å²) in [4.78, 5) is 8.08. The van der Waals surface area contributed by atoms with E-state index in [0.29, 0.717) is 17.1 Å². The van der Waals surface area contributed by atoms with Crippen LogP contribution >= 0.6 is 0 Å². The van der Waals surface area contributed by atoms with Crippen LogP contribution in [0.15, 0.2) is 17.2 Å². The predicted molar refractivity (Wildman–Crippen MR) is 70.3 cm³/mol. The number of nitrogens with one attached hydrogen (secondary N) is 1. The van der Waals surface area contributed by atoms with E-state index in [4.69, 9.17) is 0 Å². The molecule has 2 aromatic rings. The van der Waals surface area contributed by atoms with Gasteiger partial charge in [-0.15, -0.1) is 0 Å². The van der Waals surface area contributed by atoms with Gasteiger partial charge in [0.25, 0.3) is 10.0 Å². The zero-order valence-electron chi connectivity index (χ0n) is 11.2. The van der Waals surface area contributed by atoms with Crippen LogP contribution < -0.4 is 4.72 Å². The van der Waals surface area contributed by atoms with Gasteiger partial charge in [-0.3, -0.25) is 4.68 Å². The van der Waals surface area contributed by atoms with Crippen molar-refractivity contribution in [1.82, 2.24) is 19.7 Å². The average molecular weight is 281 g/mol. The fraction of sp³-hybridized carbons (Fsp3) is 0.364. The summed E-state index contributed by atoms with van der Waals surface area (Å²) in [6.07, 6.45) is 1.50. The first-order chi connectivity index (χ1) is 8.81. The molecule has 8 heteroatoms. The second kappa shape index (κ2) is 4.61. The van der Waals surface area contributed by atoms with Crippen molar-refractivity contribution < 1.29 is 8.42 Å². The number of aryl methyl sites for hydroxylation is 3. The largest absolute Gasteiger partial charge is 0.271 e. The van der Waals surface area contributed by atoms with Crippen LogP contribution in [0.1, 0.15) is 17.1 Å². The van der Waals surface area contributed by atoms with Crippen LogP contribution in [0.5, 0.6) is 0 Å². The van der Waals surface area contributed by atoms with Gasteiger partial charge in [0.2, 0.25) is 5.95 Å². The summed E-state index contributed by atoms with van der Waals surface area (Å²) in [6, 6.07) is 1.69. The molecular formula is C11H15N5O2S. The minimum absolute atomic E-state index is 0.0580. The Hall–Kier alpha value is -1.96. The fourth-order valence-corrected chi connectivity index (χ4v) is 3.20. The van der Waals surface area contributed by atoms with Gasteiger partial charge in [-0.25, -0.2) is 23.1 Å². The third-order valence-corrected chi connectivity index (χ3v) is 4.31. The van der Waals surface area contributed by atoms with E-state index in [1.54, 1.807) is 33.9 Å². The number of anilines is 1. The molecule has 1 N–H and O–H groups in total. The van der Waals surface area contributed by atoms with Crippen LogP contribution in [0.2, 0.25) is 0 Å². The van der Waals surface area contributed by atoms with Gasteiger partial charge in [-0.2, -0.15) is 5.10 Å². The minimum atomic E-state index is -3.73. The normalized spacial score (nSPS) is 11.6. The van der Waals surface area contributed by atoms with Gasteiger partial charge in [0.05, 0.1) is 11.4 Å². The second-order valence-electron chi connectivity index (χ2n) is 4.25. The quantitative estimate of drug-likeness (QED) is 0.904. The molecule has 0 aliphatic rings. The van der Waals surface area contributed by atoms with Crippen LogP contribution in [0.3, 0.4) is 0 Å². The number of sulfonamides is 1. The van der Waals surface area contributed by atoms with E-state index in [2.05, 4.69) is 19.8 Å². The molecule has 0 amide bonds. The first kappa shape index (κ1) is 13.5. The molecule has 0 aromatic carbocycles. The molecule has 2 heterocycles. The lowest BCUT2D eigenvalue weighted by Gasteiger charge is -2.07. The Balaban J connectivity index is 2.44. The Labute approximate surface area is 111 Å². The molecule has 2 rings (SSSR count). The second-order valence-corrected chi connectivity index (χ2v) is 5.87. The molecule has 0 saturated heterocycles. The molecule has 102 valence electrons. The van der Waals surface area contributed by atoms with E-state index < -0.39 is 10.0 Å². The highest BCUT2D eigenvalue weighted by molar-refractivity contribution is 7.92. The Kier molecular flexibility index (Phi) is 3.27. The number of hydrogen-bond donors (Lipinski definition) is 1. The molecule has 0 fully saturated rings. The summed E-state index contributed by atoms with van der Waals surface area (Å²) in [6.45, 7) is 5.12. The molecule has 0 atom stereocenters. The molecule has 7 nitrogen and oxygen atoms in total. The smallest absolute Gasteiger partial charge is 0.267 e. The van der Waals surface area contributed by atoms with Crippen LogP contribution in [-0.4, -0.2) is 28.2 Å². The maximum Gasteiger partial charge on any atom is 0.267 e. The Morgan fingerprint density at radius 3 is 2.47 bits per heavy atom. The zero-order chi connectivity index (χ0) is 14.2. The van der Waals surface area contributed by atoms with Crippen LogP contribution in [0.25, 0.3) is 0 Å². The summed E-state index contributed by atoms with van der Waals surface area (Å²) in [5.41, 5.74) is 1.70. The summed E-state index contributed by atoms with van der Waals surface area (Å²) in [5, 5.41) is 4.09. The van der Waals surface area contributed by atoms with Gasteiger partial charge in [0.15, 0.2) is 0 Å². The summed E-state index contributed by atoms with van der Waals surface area (Å²) >= 11 is 0. The van der Waals surface area contributed by atoms with Crippen molar-refractivity contribution in [3.8, 4) is 0 Å². The minimum Gasteiger partial charge on any atom is -0.271 e. The third-order valence-electron chi connectivity index (χ3n) is 2.73. The molecule has 0 bridgehead atoms. The third kappa shape index (κ3) is 2.58. The summed E-state index contributed by atoms with van der Waals surface area (Å²) < 4.78 is 28.5. The van der Waals surface area contributed by atoms with Crippen LogP contribution in [0.4, 0.5) is 5.95 Å². The number of aromatic nitrogens is 4. The van der Waals surface area contributed by atoms with Crippen molar-refractivity contribution in [3.05, 3.63) is 29.3 Å². The summed E-state index contributed by atoms with van der Waals surface area (Å²) in [5.74, 6) is 0.0580. The van der Waals surface area contributed by atoms with Crippen molar-refractivity contribution in [2.45, 2.75) is 25.7 Å². The lowest BCUT2D eigenvalue weighted by molar-refractivity contribution is 0.599. The van der Waals surface area contributed by atoms with E-state index in [9.17, 15) is 8.42 Å². The molecule has 0 saturated carbocycles. The Morgan fingerprint density at radius 2 is 1.95 bits per heavy atom. The SMILES string of the molecule is Cc1ccnc(NS(=O)(=O)c2c(C)nn(C)c2C)n1. The lowest BCUT2D eigenvalue weighted by Crippen LogP contribution is -2.16. The fourth-order valence-electron chi connectivity index (χ4n) is 1.81. The molecular weight excluding hydrogens is 266 g/mol. The van der Waals surface area contributed by atoms with Crippen molar-refractivity contribution in [2.24, 2.45) is 7.05 Å². The molecule has 0 radical (unpaired) electrons. The average Bonchev–Trinajstić information content (AvgIpc) is 2.52. The molecule has 0 aliphatic carbocycles. The molecule has 0 aliphatic heterocycles. The highest BCUT2D eigenvalue weighted by atomic mass is 32.2. The van der Waals surface area contributed by atoms with Gasteiger partial charge in [-0.05, 0) is 26.8 Å². The molecule has 0 spiro atoms. The highest BCUT2D eigenvalue weighted by Gasteiger charge is 2.24. The van der Waals surface area contributed by atoms with Crippen LogP contribution in [-0.2, 0) is 17.1 Å². The lowest BCUT2D eigenvalue weighted by atomic mass is 10.4. The molecule has 0 unspecified atom stereocenters. The highest BCUT2D eigenvalue weighted by Crippen LogP contribution is 2.20. The molecule has 19 heavy (non-hydrogen) atoms. The van der Waals surface area contributed by atoms with Crippen molar-refractivity contribution in [1.29, 1.82) is 0 Å². The van der Waals surface area contributed by atoms with Gasteiger partial charge in [0.1, 0.15) is 4.90 Å². The van der Waals surface area contributed by atoms with E-state index in [1.165, 1.54) is 10.9 Å². The van der Waals surface area contributed by atoms with E-state index >= 15 is 0 Å². The molecule has 2 aromatic heterocycles. The van der Waals surface area contributed by atoms with Gasteiger partial charge >= 0.3 is 0 Å². The van der Waals surface area contributed by atoms with Gasteiger partial charge in [0, 0.05) is 18.9 Å². The van der Waals surface area contributed by atoms with Gasteiger partial charge in [-0.1, -0.05) is 0 Å². The first-order valence-electron chi connectivity index (χ1n) is 5.64. The summed E-state index contributed by atoms with van der Waals surface area (Å²) in [7, 11) is -2.03. The van der Waals surface area contributed by atoms with E-state index in [1.807, 2.05) is 0 Å². The van der Waals surface area contributed by atoms with Crippen LogP contribution in [0, 0.1) is 20.8 Å². The van der Waals surface area contributed by atoms with Gasteiger partial charge < -0.3 is 0 Å². The monoisotopic (exact) mass is 281 g/mol. The van der Waals surface area contributed by atoms with E-state index in [0.717, 1.165) is 0 Å². The van der Waals surface area contributed by atoms with Crippen molar-refractivity contribution >= 4 is 16.0 Å². The number of nitrogens with zero attached hydrogens (tertiary/aromatic N) is 4. The maximum atomic E-state index is 12.3. The number of hydrogen-bond acceptors (Lipinski definition) is 5. The maximum absolute atomic E-state index is 12.3. The Morgan fingerprint density at radius 1 is 1.26 bits per heavy atom. The zero-order valence-corrected chi connectivity index (χ0v) is 12.0.